The van der Waals surface area contributed by atoms with Gasteiger partial charge in [-0.2, -0.15) is 5.26 Å². The third kappa shape index (κ3) is 8.35. The van der Waals surface area contributed by atoms with Crippen molar-refractivity contribution in [1.82, 2.24) is 5.32 Å². The molecular formula is C25H28N2O4. The molecule has 0 atom stereocenters. The van der Waals surface area contributed by atoms with Gasteiger partial charge in [-0.1, -0.05) is 43.7 Å². The number of nitriles is 1. The van der Waals surface area contributed by atoms with Crippen LogP contribution in [0, 0.1) is 18.3 Å². The molecule has 162 valence electrons. The van der Waals surface area contributed by atoms with Crippen LogP contribution in [0.2, 0.25) is 0 Å². The fourth-order valence-corrected chi connectivity index (χ4v) is 2.72. The number of hydrogen-bond acceptors (Lipinski definition) is 5. The first kappa shape index (κ1) is 23.7. The Morgan fingerprint density at radius 3 is 2.52 bits per heavy atom. The lowest BCUT2D eigenvalue weighted by atomic mass is 10.1. The van der Waals surface area contributed by atoms with Gasteiger partial charge in [0.25, 0.3) is 5.91 Å². The Morgan fingerprint density at radius 2 is 1.84 bits per heavy atom. The molecule has 0 saturated heterocycles. The molecule has 0 aromatic heterocycles. The highest BCUT2D eigenvalue weighted by Gasteiger charge is 2.09. The van der Waals surface area contributed by atoms with Crippen LogP contribution in [0.3, 0.4) is 0 Å². The molecule has 0 aliphatic carbocycles. The van der Waals surface area contributed by atoms with Crippen molar-refractivity contribution in [2.24, 2.45) is 0 Å². The summed E-state index contributed by atoms with van der Waals surface area (Å²) in [6, 6.07) is 16.3. The normalized spacial score (nSPS) is 10.8. The van der Waals surface area contributed by atoms with Gasteiger partial charge in [-0.05, 0) is 55.2 Å². The van der Waals surface area contributed by atoms with Crippen LogP contribution in [0.4, 0.5) is 0 Å². The third-order valence-corrected chi connectivity index (χ3v) is 4.48. The molecule has 1 amide bonds. The molecule has 0 spiro atoms. The van der Waals surface area contributed by atoms with E-state index in [1.165, 1.54) is 6.08 Å². The minimum absolute atomic E-state index is 0.0366. The summed E-state index contributed by atoms with van der Waals surface area (Å²) in [6.07, 6.45) is 4.13. The van der Waals surface area contributed by atoms with E-state index in [0.717, 1.165) is 24.2 Å². The van der Waals surface area contributed by atoms with E-state index in [-0.39, 0.29) is 23.9 Å². The number of aryl methyl sites for hydroxylation is 1. The number of hydrogen-bond donors (Lipinski definition) is 1. The highest BCUT2D eigenvalue weighted by molar-refractivity contribution is 6.01. The Bertz CT molecular complexity index is 943. The number of carbonyl (C=O) groups excluding carboxylic acids is 2. The second-order valence-electron chi connectivity index (χ2n) is 7.04. The van der Waals surface area contributed by atoms with E-state index < -0.39 is 0 Å². The van der Waals surface area contributed by atoms with Crippen LogP contribution < -0.4 is 14.8 Å². The predicted molar refractivity (Wildman–Crippen MR) is 119 cm³/mol. The number of rotatable bonds is 11. The Kier molecular flexibility index (Phi) is 9.83. The number of esters is 1. The summed E-state index contributed by atoms with van der Waals surface area (Å²) in [5, 5.41) is 11.9. The Hall–Kier alpha value is -3.59. The van der Waals surface area contributed by atoms with E-state index in [0.29, 0.717) is 30.9 Å². The second kappa shape index (κ2) is 12.9. The van der Waals surface area contributed by atoms with Crippen LogP contribution in [0.25, 0.3) is 6.08 Å². The van der Waals surface area contributed by atoms with Crippen molar-refractivity contribution in [3.05, 3.63) is 65.2 Å². The quantitative estimate of drug-likeness (QED) is 0.189. The van der Waals surface area contributed by atoms with Gasteiger partial charge in [0.2, 0.25) is 0 Å². The van der Waals surface area contributed by atoms with Gasteiger partial charge < -0.3 is 14.8 Å². The summed E-state index contributed by atoms with van der Waals surface area (Å²) in [5.41, 5.74) is 1.76. The highest BCUT2D eigenvalue weighted by Crippen LogP contribution is 2.17. The molecule has 0 aliphatic rings. The molecule has 0 unspecified atom stereocenters. The van der Waals surface area contributed by atoms with Gasteiger partial charge in [-0.25, -0.2) is 0 Å². The molecule has 0 radical (unpaired) electrons. The minimum atomic E-state index is -0.389. The number of benzene rings is 2. The van der Waals surface area contributed by atoms with Crippen molar-refractivity contribution in [2.45, 2.75) is 39.5 Å². The lowest BCUT2D eigenvalue weighted by molar-refractivity contribution is -0.134. The Morgan fingerprint density at radius 1 is 1.10 bits per heavy atom. The summed E-state index contributed by atoms with van der Waals surface area (Å²) < 4.78 is 11.0. The van der Waals surface area contributed by atoms with Crippen molar-refractivity contribution in [3.63, 3.8) is 0 Å². The van der Waals surface area contributed by atoms with Crippen molar-refractivity contribution in [3.8, 4) is 17.6 Å². The van der Waals surface area contributed by atoms with Gasteiger partial charge in [0, 0.05) is 13.0 Å². The maximum absolute atomic E-state index is 12.0. The molecule has 0 saturated carbocycles. The third-order valence-electron chi connectivity index (χ3n) is 4.48. The number of unbranched alkanes of at least 4 members (excludes halogenated alkanes) is 1. The van der Waals surface area contributed by atoms with Gasteiger partial charge in [0.15, 0.2) is 0 Å². The van der Waals surface area contributed by atoms with Crippen LogP contribution in [-0.2, 0) is 9.59 Å². The molecule has 2 rings (SSSR count). The number of ether oxygens (including phenoxy) is 2. The average molecular weight is 421 g/mol. The van der Waals surface area contributed by atoms with Gasteiger partial charge in [-0.3, -0.25) is 9.59 Å². The van der Waals surface area contributed by atoms with Gasteiger partial charge in [0.05, 0.1) is 6.61 Å². The number of carbonyl (C=O) groups is 2. The molecule has 1 N–H and O–H groups in total. The molecule has 2 aromatic carbocycles. The summed E-state index contributed by atoms with van der Waals surface area (Å²) in [7, 11) is 0. The Labute approximate surface area is 183 Å². The lowest BCUT2D eigenvalue weighted by Crippen LogP contribution is -2.25. The molecular weight excluding hydrogens is 392 g/mol. The van der Waals surface area contributed by atoms with Gasteiger partial charge >= 0.3 is 5.97 Å². The van der Waals surface area contributed by atoms with Crippen molar-refractivity contribution >= 4 is 18.0 Å². The number of amides is 1. The van der Waals surface area contributed by atoms with E-state index in [9.17, 15) is 14.9 Å². The highest BCUT2D eigenvalue weighted by atomic mass is 16.5. The first-order valence-electron chi connectivity index (χ1n) is 10.4. The number of nitrogens with zero attached hydrogens (tertiary/aromatic N) is 1. The lowest BCUT2D eigenvalue weighted by Gasteiger charge is -2.09. The molecule has 6 nitrogen and oxygen atoms in total. The standard InChI is InChI=1S/C25H28N2O4/c1-3-4-15-27-25(29)21(18-26)17-20-11-13-22(14-12-20)31-24(28)10-7-16-30-23-9-6-5-8-19(23)2/h5-6,8-9,11-14,17H,3-4,7,10,15-16H2,1-2H3,(H,27,29)/b21-17+. The molecule has 2 aromatic rings. The average Bonchev–Trinajstić information content (AvgIpc) is 2.77. The SMILES string of the molecule is CCCCNC(=O)/C(C#N)=C/c1ccc(OC(=O)CCCOc2ccccc2C)cc1. The fraction of sp³-hybridized carbons (Fsp3) is 0.320. The maximum atomic E-state index is 12.0. The fourth-order valence-electron chi connectivity index (χ4n) is 2.72. The van der Waals surface area contributed by atoms with E-state index >= 15 is 0 Å². The smallest absolute Gasteiger partial charge is 0.311 e. The molecule has 6 heteroatoms. The molecule has 31 heavy (non-hydrogen) atoms. The minimum Gasteiger partial charge on any atom is -0.493 e. The molecule has 0 heterocycles. The van der Waals surface area contributed by atoms with Crippen molar-refractivity contribution in [1.29, 1.82) is 5.26 Å². The van der Waals surface area contributed by atoms with E-state index in [1.807, 2.05) is 44.2 Å². The topological polar surface area (TPSA) is 88.4 Å². The Balaban J connectivity index is 1.80. The van der Waals surface area contributed by atoms with E-state index in [2.05, 4.69) is 5.32 Å². The summed E-state index contributed by atoms with van der Waals surface area (Å²) >= 11 is 0. The molecule has 0 fully saturated rings. The zero-order chi connectivity index (χ0) is 22.5. The number of nitrogens with one attached hydrogen (secondary N) is 1. The zero-order valence-electron chi connectivity index (χ0n) is 18.0. The summed E-state index contributed by atoms with van der Waals surface area (Å²) in [6.45, 7) is 4.97. The molecule has 0 bridgehead atoms. The van der Waals surface area contributed by atoms with Gasteiger partial charge in [-0.15, -0.1) is 0 Å². The van der Waals surface area contributed by atoms with Gasteiger partial charge in [0.1, 0.15) is 23.1 Å². The second-order valence-corrected chi connectivity index (χ2v) is 7.04. The van der Waals surface area contributed by atoms with Crippen LogP contribution in [0.15, 0.2) is 54.1 Å². The maximum Gasteiger partial charge on any atom is 0.311 e. The largest absolute Gasteiger partial charge is 0.493 e. The van der Waals surface area contributed by atoms with Crippen molar-refractivity contribution < 1.29 is 19.1 Å². The number of para-hydroxylation sites is 1. The summed E-state index contributed by atoms with van der Waals surface area (Å²) in [4.78, 5) is 24.0. The zero-order valence-corrected chi connectivity index (χ0v) is 18.0. The van der Waals surface area contributed by atoms with E-state index in [4.69, 9.17) is 9.47 Å². The van der Waals surface area contributed by atoms with Crippen LogP contribution >= 0.6 is 0 Å². The first-order valence-corrected chi connectivity index (χ1v) is 10.4. The molecule has 0 aliphatic heterocycles. The van der Waals surface area contributed by atoms with Crippen LogP contribution in [0.5, 0.6) is 11.5 Å². The van der Waals surface area contributed by atoms with E-state index in [1.54, 1.807) is 24.3 Å². The van der Waals surface area contributed by atoms with Crippen LogP contribution in [0.1, 0.15) is 43.7 Å². The summed E-state index contributed by atoms with van der Waals surface area (Å²) in [5.74, 6) is 0.493. The van der Waals surface area contributed by atoms with Crippen molar-refractivity contribution in [2.75, 3.05) is 13.2 Å². The predicted octanol–water partition coefficient (Wildman–Crippen LogP) is 4.58. The van der Waals surface area contributed by atoms with Crippen LogP contribution in [-0.4, -0.2) is 25.0 Å². The monoisotopic (exact) mass is 420 g/mol. The first-order chi connectivity index (χ1) is 15.0.